The normalized spacial score (nSPS) is 20.2. The lowest BCUT2D eigenvalue weighted by molar-refractivity contribution is -0.125. The Labute approximate surface area is 164 Å². The molecule has 1 unspecified atom stereocenters. The molecular weight excluding hydrogens is 352 g/mol. The lowest BCUT2D eigenvalue weighted by Gasteiger charge is -2.21. The van der Waals surface area contributed by atoms with Crippen molar-refractivity contribution < 1.29 is 4.79 Å². The first-order valence-corrected chi connectivity index (χ1v) is 9.75. The molecule has 28 heavy (non-hydrogen) atoms. The van der Waals surface area contributed by atoms with Gasteiger partial charge in [-0.25, -0.2) is 4.98 Å². The molecule has 1 amide bonds. The van der Waals surface area contributed by atoms with Crippen LogP contribution >= 0.6 is 0 Å². The molecule has 3 atom stereocenters. The smallest absolute Gasteiger partial charge is 0.225 e. The van der Waals surface area contributed by atoms with Crippen LogP contribution in [0.2, 0.25) is 0 Å². The van der Waals surface area contributed by atoms with Crippen LogP contribution in [0.25, 0.3) is 11.3 Å². The van der Waals surface area contributed by atoms with Crippen LogP contribution in [-0.4, -0.2) is 38.7 Å². The van der Waals surface area contributed by atoms with E-state index in [-0.39, 0.29) is 23.8 Å². The van der Waals surface area contributed by atoms with Crippen molar-refractivity contribution in [2.24, 2.45) is 13.0 Å². The second-order valence-electron chi connectivity index (χ2n) is 7.34. The van der Waals surface area contributed by atoms with Gasteiger partial charge in [-0.15, -0.1) is 0 Å². The fourth-order valence-corrected chi connectivity index (χ4v) is 3.86. The number of imidazole rings is 1. The van der Waals surface area contributed by atoms with E-state index in [4.69, 9.17) is 0 Å². The molecule has 3 N–H and O–H groups in total. The lowest BCUT2D eigenvalue weighted by atomic mass is 9.90. The summed E-state index contributed by atoms with van der Waals surface area (Å²) in [5.74, 6) is 0.881. The third kappa shape index (κ3) is 3.71. The highest BCUT2D eigenvalue weighted by atomic mass is 16.2. The van der Waals surface area contributed by atoms with Gasteiger partial charge in [-0.05, 0) is 17.5 Å². The monoisotopic (exact) mass is 378 g/mol. The summed E-state index contributed by atoms with van der Waals surface area (Å²) < 4.78 is 1.78. The van der Waals surface area contributed by atoms with Crippen LogP contribution in [0.4, 0.5) is 0 Å². The Hall–Kier alpha value is -2.93. The van der Waals surface area contributed by atoms with E-state index in [1.807, 2.05) is 56.0 Å². The van der Waals surface area contributed by atoms with Crippen molar-refractivity contribution in [1.29, 1.82) is 0 Å². The van der Waals surface area contributed by atoms with Crippen LogP contribution in [0.1, 0.15) is 36.7 Å². The van der Waals surface area contributed by atoms with Gasteiger partial charge in [0, 0.05) is 32.3 Å². The molecule has 1 fully saturated rings. The Bertz CT molecular complexity index is 931. The number of benzene rings is 1. The molecule has 1 saturated heterocycles. The minimum atomic E-state index is -0.139. The Morgan fingerprint density at radius 1 is 1.29 bits per heavy atom. The van der Waals surface area contributed by atoms with Crippen molar-refractivity contribution in [3.8, 4) is 11.3 Å². The number of rotatable bonds is 6. The van der Waals surface area contributed by atoms with Gasteiger partial charge in [0.25, 0.3) is 0 Å². The van der Waals surface area contributed by atoms with E-state index in [1.54, 1.807) is 4.68 Å². The van der Waals surface area contributed by atoms with Crippen LogP contribution in [0, 0.1) is 5.92 Å². The van der Waals surface area contributed by atoms with Crippen molar-refractivity contribution >= 4 is 5.91 Å². The predicted octanol–water partition coefficient (Wildman–Crippen LogP) is 2.38. The maximum atomic E-state index is 13.0. The van der Waals surface area contributed by atoms with Crippen LogP contribution < -0.4 is 10.6 Å². The van der Waals surface area contributed by atoms with Crippen LogP contribution in [-0.2, 0) is 11.8 Å². The Morgan fingerprint density at radius 2 is 2.11 bits per heavy atom. The Morgan fingerprint density at radius 3 is 2.82 bits per heavy atom. The summed E-state index contributed by atoms with van der Waals surface area (Å²) in [7, 11) is 1.90. The molecule has 3 heterocycles. The molecule has 0 aliphatic carbocycles. The number of aromatic amines is 1. The third-order valence-electron chi connectivity index (χ3n) is 5.44. The number of aromatic nitrogens is 4. The molecule has 0 bridgehead atoms. The highest BCUT2D eigenvalue weighted by Crippen LogP contribution is 2.29. The summed E-state index contributed by atoms with van der Waals surface area (Å²) in [4.78, 5) is 20.9. The van der Waals surface area contributed by atoms with E-state index in [9.17, 15) is 4.79 Å². The second-order valence-corrected chi connectivity index (χ2v) is 7.34. The van der Waals surface area contributed by atoms with Gasteiger partial charge in [0.15, 0.2) is 0 Å². The number of nitrogens with zero attached hydrogens (tertiary/aromatic N) is 3. The molecule has 2 aromatic heterocycles. The van der Waals surface area contributed by atoms with E-state index in [1.165, 1.54) is 0 Å². The van der Waals surface area contributed by atoms with Crippen LogP contribution in [0.3, 0.4) is 0 Å². The molecule has 1 aliphatic heterocycles. The minimum absolute atomic E-state index is 0.0587. The summed E-state index contributed by atoms with van der Waals surface area (Å²) in [5, 5.41) is 10.8. The van der Waals surface area contributed by atoms with Crippen molar-refractivity contribution in [3.63, 3.8) is 0 Å². The highest BCUT2D eigenvalue weighted by Gasteiger charge is 2.35. The van der Waals surface area contributed by atoms with E-state index < -0.39 is 0 Å². The first-order valence-electron chi connectivity index (χ1n) is 9.75. The van der Waals surface area contributed by atoms with Gasteiger partial charge in [0.1, 0.15) is 5.82 Å². The average molecular weight is 378 g/mol. The largest absolute Gasteiger partial charge is 0.346 e. The number of hydrogen-bond acceptors (Lipinski definition) is 4. The van der Waals surface area contributed by atoms with Crippen LogP contribution in [0.5, 0.6) is 0 Å². The third-order valence-corrected chi connectivity index (χ3v) is 5.44. The lowest BCUT2D eigenvalue weighted by Crippen LogP contribution is -2.37. The maximum absolute atomic E-state index is 13.0. The zero-order valence-electron chi connectivity index (χ0n) is 16.2. The minimum Gasteiger partial charge on any atom is -0.346 e. The molecule has 3 aromatic rings. The molecule has 0 spiro atoms. The molecule has 4 rings (SSSR count). The van der Waals surface area contributed by atoms with E-state index in [2.05, 4.69) is 32.6 Å². The number of H-pyrrole nitrogens is 1. The number of carbonyl (C=O) groups is 1. The standard InChI is InChI=1S/C21H26N6O/c1-3-18(20-23-12-19(25-20)14-7-5-4-6-8-14)26-21(28)17-11-22-10-16(17)15-9-24-27(2)13-15/h4-9,12-13,16-18,22H,3,10-11H2,1-2H3,(H,23,25)(H,26,28)/t16-,17+,18?/m1/s1. The molecule has 7 heteroatoms. The highest BCUT2D eigenvalue weighted by molar-refractivity contribution is 5.81. The van der Waals surface area contributed by atoms with E-state index in [0.29, 0.717) is 6.54 Å². The van der Waals surface area contributed by atoms with Gasteiger partial charge in [-0.1, -0.05) is 37.3 Å². The van der Waals surface area contributed by atoms with Crippen molar-refractivity contribution in [1.82, 2.24) is 30.4 Å². The second kappa shape index (κ2) is 7.98. The first-order chi connectivity index (χ1) is 13.7. The zero-order chi connectivity index (χ0) is 19.5. The fraction of sp³-hybridized carbons (Fsp3) is 0.381. The quantitative estimate of drug-likeness (QED) is 0.615. The predicted molar refractivity (Wildman–Crippen MR) is 108 cm³/mol. The average Bonchev–Trinajstić information content (AvgIpc) is 3.46. The Kier molecular flexibility index (Phi) is 5.25. The van der Waals surface area contributed by atoms with Gasteiger partial charge in [-0.3, -0.25) is 9.48 Å². The van der Waals surface area contributed by atoms with Crippen LogP contribution in [0.15, 0.2) is 48.9 Å². The summed E-state index contributed by atoms with van der Waals surface area (Å²) in [6.07, 6.45) is 6.45. The van der Waals surface area contributed by atoms with Crippen molar-refractivity contribution in [2.75, 3.05) is 13.1 Å². The molecule has 1 aromatic carbocycles. The SMILES string of the molecule is CCC(NC(=O)[C@H]1CNC[C@@H]1c1cnn(C)c1)c1ncc(-c2ccccc2)[nH]1. The molecule has 1 aliphatic rings. The summed E-state index contributed by atoms with van der Waals surface area (Å²) in [5.41, 5.74) is 3.14. The van der Waals surface area contributed by atoms with Gasteiger partial charge in [-0.2, -0.15) is 5.10 Å². The molecule has 146 valence electrons. The first kappa shape index (κ1) is 18.4. The van der Waals surface area contributed by atoms with Gasteiger partial charge in [0.2, 0.25) is 5.91 Å². The Balaban J connectivity index is 1.47. The number of hydrogen-bond donors (Lipinski definition) is 3. The van der Waals surface area contributed by atoms with Crippen molar-refractivity contribution in [2.45, 2.75) is 25.3 Å². The summed E-state index contributed by atoms with van der Waals surface area (Å²) in [6.45, 7) is 3.52. The van der Waals surface area contributed by atoms with E-state index >= 15 is 0 Å². The number of amides is 1. The molecule has 0 saturated carbocycles. The number of nitrogens with one attached hydrogen (secondary N) is 3. The van der Waals surface area contributed by atoms with Crippen molar-refractivity contribution in [3.05, 3.63) is 60.3 Å². The number of carbonyl (C=O) groups excluding carboxylic acids is 1. The van der Waals surface area contributed by atoms with Gasteiger partial charge in [0.05, 0.1) is 30.0 Å². The molecular formula is C21H26N6O. The van der Waals surface area contributed by atoms with E-state index in [0.717, 1.165) is 35.6 Å². The maximum Gasteiger partial charge on any atom is 0.225 e. The fourth-order valence-electron chi connectivity index (χ4n) is 3.86. The van der Waals surface area contributed by atoms with Gasteiger partial charge >= 0.3 is 0 Å². The van der Waals surface area contributed by atoms with Gasteiger partial charge < -0.3 is 15.6 Å². The molecule has 7 nitrogen and oxygen atoms in total. The molecule has 0 radical (unpaired) electrons. The zero-order valence-corrected chi connectivity index (χ0v) is 16.2. The topological polar surface area (TPSA) is 87.6 Å². The number of aryl methyl sites for hydroxylation is 1. The summed E-state index contributed by atoms with van der Waals surface area (Å²) >= 11 is 0. The summed E-state index contributed by atoms with van der Waals surface area (Å²) in [6, 6.07) is 9.94.